The van der Waals surface area contributed by atoms with Gasteiger partial charge in [0.25, 0.3) is 0 Å². The van der Waals surface area contributed by atoms with E-state index >= 15 is 0 Å². The fraction of sp³-hybridized carbons (Fsp3) is 0.735. The second-order valence-corrected chi connectivity index (χ2v) is 15.0. The Labute approximate surface area is 339 Å². The molecule has 0 amide bonds. The number of carbonyl (C=O) groups excluding carboxylic acids is 3. The average Bonchev–Trinajstić information content (AvgIpc) is 3.18. The van der Waals surface area contributed by atoms with Gasteiger partial charge in [-0.15, -0.1) is 0 Å². The van der Waals surface area contributed by atoms with Gasteiger partial charge in [0.05, 0.1) is 0 Å². The molecular formula is C49H84O6. The number of allylic oxidation sites excluding steroid dienone is 10. The van der Waals surface area contributed by atoms with Gasteiger partial charge in [-0.05, 0) is 89.9 Å². The van der Waals surface area contributed by atoms with E-state index in [1.165, 1.54) is 70.6 Å². The number of rotatable bonds is 40. The van der Waals surface area contributed by atoms with E-state index in [-0.39, 0.29) is 31.1 Å². The predicted octanol–water partition coefficient (Wildman–Crippen LogP) is 14.5. The highest BCUT2D eigenvalue weighted by Crippen LogP contribution is 2.13. The maximum Gasteiger partial charge on any atom is 0.306 e. The standard InChI is InChI=1S/C49H84O6/c1-4-7-10-13-16-19-22-25-28-30-33-36-39-42-48(51)54-45-46(55-49(52)43-40-37-34-31-27-24-21-18-15-12-9-6-3)44-53-47(50)41-38-35-32-29-26-23-20-17-14-11-8-5-2/h7,10,13,16-22,46H,4-6,8-9,11-12,14-15,23-45H2,1-3H3/b10-7-,16-13-,20-17-,21-18-,22-19-. The molecule has 0 radical (unpaired) electrons. The molecule has 6 nitrogen and oxygen atoms in total. The summed E-state index contributed by atoms with van der Waals surface area (Å²) in [5.74, 6) is -0.932. The first-order chi connectivity index (χ1) is 27.0. The molecule has 0 aromatic rings. The Balaban J connectivity index is 4.44. The van der Waals surface area contributed by atoms with Crippen LogP contribution in [-0.4, -0.2) is 37.2 Å². The third-order valence-corrected chi connectivity index (χ3v) is 9.54. The summed E-state index contributed by atoms with van der Waals surface area (Å²) in [5, 5.41) is 0. The normalized spacial score (nSPS) is 12.6. The fourth-order valence-corrected chi connectivity index (χ4v) is 6.08. The number of hydrogen-bond acceptors (Lipinski definition) is 6. The zero-order valence-corrected chi connectivity index (χ0v) is 35.9. The molecule has 1 unspecified atom stereocenters. The monoisotopic (exact) mass is 769 g/mol. The van der Waals surface area contributed by atoms with Crippen LogP contribution in [0, 0.1) is 0 Å². The Morgan fingerprint density at radius 1 is 0.382 bits per heavy atom. The second-order valence-electron chi connectivity index (χ2n) is 15.0. The topological polar surface area (TPSA) is 78.9 Å². The smallest absolute Gasteiger partial charge is 0.306 e. The van der Waals surface area contributed by atoms with Crippen molar-refractivity contribution in [3.8, 4) is 0 Å². The van der Waals surface area contributed by atoms with Gasteiger partial charge >= 0.3 is 17.9 Å². The molecule has 0 heterocycles. The Morgan fingerprint density at radius 3 is 1.15 bits per heavy atom. The molecule has 0 fully saturated rings. The van der Waals surface area contributed by atoms with E-state index in [9.17, 15) is 14.4 Å². The van der Waals surface area contributed by atoms with E-state index in [4.69, 9.17) is 14.2 Å². The van der Waals surface area contributed by atoms with Gasteiger partial charge in [0.15, 0.2) is 6.10 Å². The summed E-state index contributed by atoms with van der Waals surface area (Å²) in [6.07, 6.45) is 52.0. The molecular weight excluding hydrogens is 685 g/mol. The first-order valence-electron chi connectivity index (χ1n) is 22.8. The van der Waals surface area contributed by atoms with Crippen LogP contribution in [0.5, 0.6) is 0 Å². The van der Waals surface area contributed by atoms with Crippen LogP contribution in [0.4, 0.5) is 0 Å². The van der Waals surface area contributed by atoms with Gasteiger partial charge in [0, 0.05) is 19.3 Å². The Kier molecular flexibility index (Phi) is 41.5. The molecule has 0 rings (SSSR count). The highest BCUT2D eigenvalue weighted by molar-refractivity contribution is 5.71. The van der Waals surface area contributed by atoms with Gasteiger partial charge in [-0.3, -0.25) is 14.4 Å². The van der Waals surface area contributed by atoms with Gasteiger partial charge in [0.1, 0.15) is 13.2 Å². The number of unbranched alkanes of at least 4 members (excludes halogenated alkanes) is 21. The fourth-order valence-electron chi connectivity index (χ4n) is 6.08. The molecule has 0 saturated carbocycles. The van der Waals surface area contributed by atoms with Crippen molar-refractivity contribution in [1.29, 1.82) is 0 Å². The molecule has 0 aromatic carbocycles. The van der Waals surface area contributed by atoms with Crippen molar-refractivity contribution in [2.45, 2.75) is 219 Å². The highest BCUT2D eigenvalue weighted by atomic mass is 16.6. The minimum atomic E-state index is -0.787. The molecule has 0 aliphatic rings. The van der Waals surface area contributed by atoms with Gasteiger partial charge in [-0.1, -0.05) is 165 Å². The Hall–Kier alpha value is -2.89. The van der Waals surface area contributed by atoms with Crippen LogP contribution in [-0.2, 0) is 28.6 Å². The molecule has 1 atom stereocenters. The predicted molar refractivity (Wildman–Crippen MR) is 233 cm³/mol. The van der Waals surface area contributed by atoms with E-state index in [1.807, 2.05) is 0 Å². The third kappa shape index (κ3) is 42.1. The van der Waals surface area contributed by atoms with Crippen LogP contribution in [0.2, 0.25) is 0 Å². The van der Waals surface area contributed by atoms with Crippen LogP contribution >= 0.6 is 0 Å². The summed E-state index contributed by atoms with van der Waals surface area (Å²) < 4.78 is 16.7. The second kappa shape index (κ2) is 43.8. The van der Waals surface area contributed by atoms with E-state index in [2.05, 4.69) is 81.5 Å². The summed E-state index contributed by atoms with van der Waals surface area (Å²) in [7, 11) is 0. The lowest BCUT2D eigenvalue weighted by Gasteiger charge is -2.18. The maximum absolute atomic E-state index is 12.7. The molecule has 0 aliphatic carbocycles. The first-order valence-corrected chi connectivity index (χ1v) is 22.8. The largest absolute Gasteiger partial charge is 0.462 e. The number of ether oxygens (including phenoxy) is 3. The van der Waals surface area contributed by atoms with Gasteiger partial charge in [0.2, 0.25) is 0 Å². The minimum absolute atomic E-state index is 0.0892. The number of carbonyl (C=O) groups is 3. The molecule has 316 valence electrons. The zero-order valence-electron chi connectivity index (χ0n) is 35.9. The molecule has 6 heteroatoms. The maximum atomic E-state index is 12.7. The van der Waals surface area contributed by atoms with E-state index in [0.29, 0.717) is 19.3 Å². The summed E-state index contributed by atoms with van der Waals surface area (Å²) in [5.41, 5.74) is 0. The number of esters is 3. The number of hydrogen-bond donors (Lipinski definition) is 0. The Bertz CT molecular complexity index is 1020. The molecule has 0 aliphatic heterocycles. The van der Waals surface area contributed by atoms with Crippen LogP contribution in [0.25, 0.3) is 0 Å². The lowest BCUT2D eigenvalue weighted by Crippen LogP contribution is -2.30. The van der Waals surface area contributed by atoms with Crippen LogP contribution in [0.1, 0.15) is 213 Å². The molecule has 55 heavy (non-hydrogen) atoms. The highest BCUT2D eigenvalue weighted by Gasteiger charge is 2.19. The molecule has 0 N–H and O–H groups in total. The summed E-state index contributed by atoms with van der Waals surface area (Å²) >= 11 is 0. The SMILES string of the molecule is CC\C=C/C=C\C=C/CCCCCCCC(=O)OCC(COC(=O)CCCCCCC/C=C\CCCCC)OC(=O)CCCCCCC/C=C\CCCCC. The van der Waals surface area contributed by atoms with E-state index < -0.39 is 6.10 Å². The van der Waals surface area contributed by atoms with Crippen molar-refractivity contribution in [2.75, 3.05) is 13.2 Å². The summed E-state index contributed by atoms with van der Waals surface area (Å²) in [6, 6.07) is 0. The summed E-state index contributed by atoms with van der Waals surface area (Å²) in [6.45, 7) is 6.41. The van der Waals surface area contributed by atoms with Crippen LogP contribution in [0.3, 0.4) is 0 Å². The van der Waals surface area contributed by atoms with Crippen molar-refractivity contribution < 1.29 is 28.6 Å². The van der Waals surface area contributed by atoms with Gasteiger partial charge < -0.3 is 14.2 Å². The van der Waals surface area contributed by atoms with Crippen molar-refractivity contribution >= 4 is 17.9 Å². The lowest BCUT2D eigenvalue weighted by molar-refractivity contribution is -0.167. The Morgan fingerprint density at radius 2 is 0.727 bits per heavy atom. The molecule has 0 aromatic heterocycles. The molecule has 0 bridgehead atoms. The van der Waals surface area contributed by atoms with Gasteiger partial charge in [-0.2, -0.15) is 0 Å². The third-order valence-electron chi connectivity index (χ3n) is 9.54. The van der Waals surface area contributed by atoms with E-state index in [1.54, 1.807) is 0 Å². The summed E-state index contributed by atoms with van der Waals surface area (Å²) in [4.78, 5) is 37.7. The van der Waals surface area contributed by atoms with Crippen molar-refractivity contribution in [1.82, 2.24) is 0 Å². The zero-order chi connectivity index (χ0) is 40.1. The minimum Gasteiger partial charge on any atom is -0.462 e. The van der Waals surface area contributed by atoms with Crippen molar-refractivity contribution in [2.24, 2.45) is 0 Å². The van der Waals surface area contributed by atoms with Gasteiger partial charge in [-0.25, -0.2) is 0 Å². The van der Waals surface area contributed by atoms with E-state index in [0.717, 1.165) is 103 Å². The lowest BCUT2D eigenvalue weighted by atomic mass is 10.1. The van der Waals surface area contributed by atoms with Crippen LogP contribution < -0.4 is 0 Å². The van der Waals surface area contributed by atoms with Crippen LogP contribution in [0.15, 0.2) is 60.8 Å². The first kappa shape index (κ1) is 52.1. The average molecular weight is 769 g/mol. The molecule has 0 saturated heterocycles. The van der Waals surface area contributed by atoms with Crippen molar-refractivity contribution in [3.63, 3.8) is 0 Å². The quantitative estimate of drug-likeness (QED) is 0.0203. The van der Waals surface area contributed by atoms with Crippen molar-refractivity contribution in [3.05, 3.63) is 60.8 Å². The molecule has 0 spiro atoms.